The number of hydrogen-bond acceptors (Lipinski definition) is 1. The molecular formula is C16H27N. The molecule has 0 fully saturated rings. The molecule has 0 saturated carbocycles. The van der Waals surface area contributed by atoms with Crippen LogP contribution in [0, 0.1) is 6.92 Å². The lowest BCUT2D eigenvalue weighted by Crippen LogP contribution is -2.29. The fraction of sp³-hybridized carbons (Fsp3) is 0.625. The van der Waals surface area contributed by atoms with E-state index in [0.717, 1.165) is 6.54 Å². The van der Waals surface area contributed by atoms with Crippen LogP contribution in [0.1, 0.15) is 50.7 Å². The summed E-state index contributed by atoms with van der Waals surface area (Å²) in [4.78, 5) is 0. The summed E-state index contributed by atoms with van der Waals surface area (Å²) in [6.45, 7) is 7.81. The van der Waals surface area contributed by atoms with E-state index in [1.807, 2.05) is 0 Å². The molecule has 0 saturated heterocycles. The van der Waals surface area contributed by atoms with Gasteiger partial charge in [0.25, 0.3) is 0 Å². The first-order valence-electron chi connectivity index (χ1n) is 7.05. The Morgan fingerprint density at radius 3 is 2.41 bits per heavy atom. The van der Waals surface area contributed by atoms with Gasteiger partial charge in [-0.2, -0.15) is 0 Å². The molecule has 0 aliphatic heterocycles. The van der Waals surface area contributed by atoms with Crippen LogP contribution in [0.4, 0.5) is 0 Å². The zero-order valence-electron chi connectivity index (χ0n) is 11.6. The van der Waals surface area contributed by atoms with E-state index < -0.39 is 0 Å². The Hall–Kier alpha value is -0.820. The molecule has 0 amide bonds. The summed E-state index contributed by atoms with van der Waals surface area (Å²) in [5.41, 5.74) is 2.82. The van der Waals surface area contributed by atoms with Crippen molar-refractivity contribution < 1.29 is 0 Å². The van der Waals surface area contributed by atoms with E-state index in [1.165, 1.54) is 43.2 Å². The van der Waals surface area contributed by atoms with Crippen LogP contribution in [0.3, 0.4) is 0 Å². The summed E-state index contributed by atoms with van der Waals surface area (Å²) in [6, 6.07) is 9.65. The number of rotatable bonds is 8. The zero-order chi connectivity index (χ0) is 12.5. The molecule has 1 nitrogen and oxygen atoms in total. The summed E-state index contributed by atoms with van der Waals surface area (Å²) >= 11 is 0. The van der Waals surface area contributed by atoms with Crippen molar-refractivity contribution in [2.24, 2.45) is 0 Å². The van der Waals surface area contributed by atoms with Gasteiger partial charge in [-0.1, -0.05) is 43.7 Å². The van der Waals surface area contributed by atoms with Crippen molar-refractivity contribution in [1.82, 2.24) is 5.32 Å². The van der Waals surface area contributed by atoms with E-state index in [2.05, 4.69) is 50.4 Å². The third-order valence-electron chi connectivity index (χ3n) is 3.31. The predicted octanol–water partition coefficient (Wildman–Crippen LogP) is 4.10. The maximum Gasteiger partial charge on any atom is 0.00645 e. The highest BCUT2D eigenvalue weighted by Gasteiger charge is 2.04. The molecule has 1 rings (SSSR count). The second kappa shape index (κ2) is 8.30. The highest BCUT2D eigenvalue weighted by Crippen LogP contribution is 2.09. The van der Waals surface area contributed by atoms with Gasteiger partial charge in [-0.15, -0.1) is 0 Å². The van der Waals surface area contributed by atoms with E-state index in [-0.39, 0.29) is 0 Å². The lowest BCUT2D eigenvalue weighted by molar-refractivity contribution is 0.456. The van der Waals surface area contributed by atoms with Crippen molar-refractivity contribution in [2.45, 2.75) is 58.9 Å². The van der Waals surface area contributed by atoms with E-state index in [1.54, 1.807) is 0 Å². The minimum absolute atomic E-state index is 0.709. The largest absolute Gasteiger partial charge is 0.314 e. The van der Waals surface area contributed by atoms with Gasteiger partial charge in [0.05, 0.1) is 0 Å². The van der Waals surface area contributed by atoms with Gasteiger partial charge in [0.2, 0.25) is 0 Å². The standard InChI is InChI=1S/C16H27N/c1-4-13-17-16(5-2)8-6-7-15-11-9-14(3)10-12-15/h9-12,16-17H,4-8,13H2,1-3H3. The van der Waals surface area contributed by atoms with Gasteiger partial charge in [0.1, 0.15) is 0 Å². The molecule has 1 unspecified atom stereocenters. The molecule has 0 aliphatic carbocycles. The van der Waals surface area contributed by atoms with Crippen molar-refractivity contribution in [3.8, 4) is 0 Å². The number of hydrogen-bond donors (Lipinski definition) is 1. The SMILES string of the molecule is CCCNC(CC)CCCc1ccc(C)cc1. The summed E-state index contributed by atoms with van der Waals surface area (Å²) in [5, 5.41) is 3.61. The first kappa shape index (κ1) is 14.2. The highest BCUT2D eigenvalue weighted by atomic mass is 14.9. The molecule has 0 spiro atoms. The van der Waals surface area contributed by atoms with Crippen LogP contribution in [0.5, 0.6) is 0 Å². The minimum Gasteiger partial charge on any atom is -0.314 e. The maximum absolute atomic E-state index is 3.61. The number of nitrogens with one attached hydrogen (secondary N) is 1. The Balaban J connectivity index is 2.23. The van der Waals surface area contributed by atoms with Gasteiger partial charge in [0, 0.05) is 6.04 Å². The molecular weight excluding hydrogens is 206 g/mol. The van der Waals surface area contributed by atoms with Crippen LogP contribution in [-0.4, -0.2) is 12.6 Å². The van der Waals surface area contributed by atoms with Crippen molar-refractivity contribution >= 4 is 0 Å². The van der Waals surface area contributed by atoms with Crippen LogP contribution in [-0.2, 0) is 6.42 Å². The van der Waals surface area contributed by atoms with Gasteiger partial charge in [-0.3, -0.25) is 0 Å². The van der Waals surface area contributed by atoms with Crippen LogP contribution < -0.4 is 5.32 Å². The summed E-state index contributed by atoms with van der Waals surface area (Å²) in [7, 11) is 0. The summed E-state index contributed by atoms with van der Waals surface area (Å²) in [6.07, 6.45) is 6.27. The zero-order valence-corrected chi connectivity index (χ0v) is 11.6. The predicted molar refractivity (Wildman–Crippen MR) is 76.5 cm³/mol. The van der Waals surface area contributed by atoms with Crippen molar-refractivity contribution in [3.63, 3.8) is 0 Å². The highest BCUT2D eigenvalue weighted by molar-refractivity contribution is 5.21. The molecule has 0 aromatic heterocycles. The second-order valence-electron chi connectivity index (χ2n) is 4.94. The Labute approximate surface area is 107 Å². The Morgan fingerprint density at radius 1 is 1.12 bits per heavy atom. The molecule has 1 aromatic carbocycles. The lowest BCUT2D eigenvalue weighted by atomic mass is 10.0. The van der Waals surface area contributed by atoms with Crippen molar-refractivity contribution in [1.29, 1.82) is 0 Å². The summed E-state index contributed by atoms with van der Waals surface area (Å²) < 4.78 is 0. The Bertz CT molecular complexity index is 289. The van der Waals surface area contributed by atoms with E-state index in [0.29, 0.717) is 6.04 Å². The topological polar surface area (TPSA) is 12.0 Å². The quantitative estimate of drug-likeness (QED) is 0.713. The average molecular weight is 233 g/mol. The fourth-order valence-electron chi connectivity index (χ4n) is 2.11. The van der Waals surface area contributed by atoms with Crippen LogP contribution in [0.2, 0.25) is 0 Å². The number of aryl methyl sites for hydroxylation is 2. The first-order chi connectivity index (χ1) is 8.26. The minimum atomic E-state index is 0.709. The lowest BCUT2D eigenvalue weighted by Gasteiger charge is -2.16. The third kappa shape index (κ3) is 5.88. The molecule has 96 valence electrons. The van der Waals surface area contributed by atoms with Crippen LogP contribution in [0.15, 0.2) is 24.3 Å². The second-order valence-corrected chi connectivity index (χ2v) is 4.94. The average Bonchev–Trinajstić information content (AvgIpc) is 2.36. The number of benzene rings is 1. The van der Waals surface area contributed by atoms with Gasteiger partial charge in [-0.05, 0) is 51.1 Å². The van der Waals surface area contributed by atoms with Crippen molar-refractivity contribution in [3.05, 3.63) is 35.4 Å². The molecule has 1 atom stereocenters. The molecule has 0 radical (unpaired) electrons. The molecule has 1 aromatic rings. The monoisotopic (exact) mass is 233 g/mol. The van der Waals surface area contributed by atoms with Gasteiger partial charge in [0.15, 0.2) is 0 Å². The fourth-order valence-corrected chi connectivity index (χ4v) is 2.11. The Morgan fingerprint density at radius 2 is 1.82 bits per heavy atom. The molecule has 0 bridgehead atoms. The van der Waals surface area contributed by atoms with Gasteiger partial charge >= 0.3 is 0 Å². The molecule has 0 aliphatic rings. The molecule has 1 heteroatoms. The van der Waals surface area contributed by atoms with Crippen molar-refractivity contribution in [2.75, 3.05) is 6.54 Å². The van der Waals surface area contributed by atoms with Crippen LogP contribution >= 0.6 is 0 Å². The molecule has 0 heterocycles. The normalized spacial score (nSPS) is 12.6. The van der Waals surface area contributed by atoms with E-state index in [9.17, 15) is 0 Å². The Kier molecular flexibility index (Phi) is 6.95. The van der Waals surface area contributed by atoms with E-state index in [4.69, 9.17) is 0 Å². The van der Waals surface area contributed by atoms with Crippen LogP contribution in [0.25, 0.3) is 0 Å². The van der Waals surface area contributed by atoms with Gasteiger partial charge in [-0.25, -0.2) is 0 Å². The van der Waals surface area contributed by atoms with E-state index >= 15 is 0 Å². The molecule has 1 N–H and O–H groups in total. The van der Waals surface area contributed by atoms with Gasteiger partial charge < -0.3 is 5.32 Å². The molecule has 17 heavy (non-hydrogen) atoms. The summed E-state index contributed by atoms with van der Waals surface area (Å²) in [5.74, 6) is 0. The first-order valence-corrected chi connectivity index (χ1v) is 7.05. The maximum atomic E-state index is 3.61. The smallest absolute Gasteiger partial charge is 0.00645 e. The third-order valence-corrected chi connectivity index (χ3v) is 3.31.